The first-order chi connectivity index (χ1) is 17.2. The van der Waals surface area contributed by atoms with Crippen LogP contribution >= 0.6 is 0 Å². The van der Waals surface area contributed by atoms with Crippen molar-refractivity contribution < 1.29 is 4.74 Å². The molecule has 8 heteroatoms. The molecule has 0 aliphatic carbocycles. The van der Waals surface area contributed by atoms with E-state index in [1.807, 2.05) is 18.3 Å². The number of benzene rings is 1. The Hall–Kier alpha value is -3.25. The topological polar surface area (TPSA) is 80.6 Å². The third-order valence-corrected chi connectivity index (χ3v) is 7.39. The first-order valence-corrected chi connectivity index (χ1v) is 12.5. The standard InChI is InChI=1S/C27H31N7O/c1-19-16-34(26-5-4-20(12-28)27-24(26)3-2-6-30-27)18-23(35-19)17-32-7-9-33(10-8-32)22-11-21-13-29-15-25(21)31-14-22/h2-6,11,14,19,23,29H,7-10,13,15-18H2,1H3/t19-,23+/m1/s1. The van der Waals surface area contributed by atoms with Crippen LogP contribution in [-0.2, 0) is 17.8 Å². The fourth-order valence-corrected chi connectivity index (χ4v) is 5.67. The number of aromatic nitrogens is 2. The van der Waals surface area contributed by atoms with Crippen molar-refractivity contribution in [1.82, 2.24) is 20.2 Å². The number of nitrogens with one attached hydrogen (secondary N) is 1. The molecule has 3 aromatic rings. The van der Waals surface area contributed by atoms with Gasteiger partial charge in [-0.25, -0.2) is 0 Å². The lowest BCUT2D eigenvalue weighted by atomic mass is 10.1. The van der Waals surface area contributed by atoms with Gasteiger partial charge in [-0.3, -0.25) is 14.9 Å². The summed E-state index contributed by atoms with van der Waals surface area (Å²) in [7, 11) is 0. The maximum absolute atomic E-state index is 9.50. The fraction of sp³-hybridized carbons (Fsp3) is 0.444. The van der Waals surface area contributed by atoms with E-state index in [9.17, 15) is 5.26 Å². The summed E-state index contributed by atoms with van der Waals surface area (Å²) < 4.78 is 6.38. The number of nitriles is 1. The van der Waals surface area contributed by atoms with Crippen LogP contribution in [0.2, 0.25) is 0 Å². The number of rotatable bonds is 4. The van der Waals surface area contributed by atoms with E-state index in [0.717, 1.165) is 75.5 Å². The molecule has 35 heavy (non-hydrogen) atoms. The van der Waals surface area contributed by atoms with Crippen molar-refractivity contribution in [3.8, 4) is 6.07 Å². The minimum absolute atomic E-state index is 0.139. The zero-order chi connectivity index (χ0) is 23.8. The van der Waals surface area contributed by atoms with E-state index in [0.29, 0.717) is 5.56 Å². The van der Waals surface area contributed by atoms with Crippen LogP contribution in [0.25, 0.3) is 10.9 Å². The summed E-state index contributed by atoms with van der Waals surface area (Å²) in [5, 5.41) is 13.9. The quantitative estimate of drug-likeness (QED) is 0.625. The molecule has 8 nitrogen and oxygen atoms in total. The van der Waals surface area contributed by atoms with Gasteiger partial charge in [-0.2, -0.15) is 5.26 Å². The molecule has 5 heterocycles. The van der Waals surface area contributed by atoms with E-state index in [2.05, 4.69) is 61.2 Å². The van der Waals surface area contributed by atoms with Crippen molar-refractivity contribution in [2.45, 2.75) is 32.2 Å². The Morgan fingerprint density at radius 3 is 2.83 bits per heavy atom. The van der Waals surface area contributed by atoms with Crippen molar-refractivity contribution in [3.05, 3.63) is 59.5 Å². The average Bonchev–Trinajstić information content (AvgIpc) is 3.36. The molecule has 1 N–H and O–H groups in total. The third-order valence-electron chi connectivity index (χ3n) is 7.39. The number of hydrogen-bond donors (Lipinski definition) is 1. The maximum atomic E-state index is 9.50. The van der Waals surface area contributed by atoms with E-state index < -0.39 is 0 Å². The number of fused-ring (bicyclic) bond motifs is 2. The Bertz CT molecular complexity index is 1260. The molecule has 2 saturated heterocycles. The van der Waals surface area contributed by atoms with E-state index >= 15 is 0 Å². The van der Waals surface area contributed by atoms with Gasteiger partial charge in [-0.1, -0.05) is 0 Å². The number of anilines is 2. The zero-order valence-corrected chi connectivity index (χ0v) is 20.2. The van der Waals surface area contributed by atoms with Gasteiger partial charge in [0, 0.05) is 76.2 Å². The minimum atomic E-state index is 0.139. The maximum Gasteiger partial charge on any atom is 0.101 e. The van der Waals surface area contributed by atoms with Gasteiger partial charge in [0.25, 0.3) is 0 Å². The molecule has 0 unspecified atom stereocenters. The fourth-order valence-electron chi connectivity index (χ4n) is 5.67. The van der Waals surface area contributed by atoms with Crippen LogP contribution in [0, 0.1) is 11.3 Å². The highest BCUT2D eigenvalue weighted by Crippen LogP contribution is 2.30. The smallest absolute Gasteiger partial charge is 0.101 e. The van der Waals surface area contributed by atoms with Crippen molar-refractivity contribution in [1.29, 1.82) is 5.26 Å². The predicted molar refractivity (Wildman–Crippen MR) is 136 cm³/mol. The molecule has 2 aromatic heterocycles. The summed E-state index contributed by atoms with van der Waals surface area (Å²) in [5.41, 5.74) is 6.29. The van der Waals surface area contributed by atoms with Crippen LogP contribution in [0.15, 0.2) is 42.7 Å². The molecular formula is C27H31N7O. The van der Waals surface area contributed by atoms with Gasteiger partial charge in [-0.05, 0) is 42.8 Å². The van der Waals surface area contributed by atoms with Crippen LogP contribution in [0.1, 0.15) is 23.7 Å². The normalized spacial score (nSPS) is 22.9. The van der Waals surface area contributed by atoms with Crippen molar-refractivity contribution in [2.75, 3.05) is 55.6 Å². The lowest BCUT2D eigenvalue weighted by Crippen LogP contribution is -2.54. The first kappa shape index (κ1) is 22.2. The molecular weight excluding hydrogens is 438 g/mol. The van der Waals surface area contributed by atoms with Crippen LogP contribution in [0.3, 0.4) is 0 Å². The molecule has 0 amide bonds. The number of ether oxygens (including phenoxy) is 1. The largest absolute Gasteiger partial charge is 0.370 e. The number of morpholine rings is 1. The molecule has 3 aliphatic rings. The second-order valence-electron chi connectivity index (χ2n) is 9.81. The Morgan fingerprint density at radius 2 is 1.97 bits per heavy atom. The first-order valence-electron chi connectivity index (χ1n) is 12.5. The highest BCUT2D eigenvalue weighted by Gasteiger charge is 2.29. The second-order valence-corrected chi connectivity index (χ2v) is 9.81. The van der Waals surface area contributed by atoms with Gasteiger partial charge in [0.15, 0.2) is 0 Å². The van der Waals surface area contributed by atoms with Gasteiger partial charge in [0.2, 0.25) is 0 Å². The van der Waals surface area contributed by atoms with Crippen LogP contribution < -0.4 is 15.1 Å². The molecule has 2 atom stereocenters. The molecule has 0 radical (unpaired) electrons. The molecule has 0 spiro atoms. The van der Waals surface area contributed by atoms with Crippen LogP contribution in [0.5, 0.6) is 0 Å². The Balaban J connectivity index is 1.12. The monoisotopic (exact) mass is 469 g/mol. The summed E-state index contributed by atoms with van der Waals surface area (Å²) in [6, 6.07) is 12.5. The lowest BCUT2D eigenvalue weighted by molar-refractivity contribution is -0.0327. The van der Waals surface area contributed by atoms with Gasteiger partial charge in [-0.15, -0.1) is 0 Å². The number of pyridine rings is 2. The Morgan fingerprint density at radius 1 is 1.09 bits per heavy atom. The van der Waals surface area contributed by atoms with E-state index in [4.69, 9.17) is 4.74 Å². The van der Waals surface area contributed by atoms with Gasteiger partial charge in [0.05, 0.1) is 40.9 Å². The Labute approximate surface area is 206 Å². The number of piperazine rings is 1. The highest BCUT2D eigenvalue weighted by molar-refractivity contribution is 5.95. The molecule has 180 valence electrons. The molecule has 6 rings (SSSR count). The van der Waals surface area contributed by atoms with Crippen molar-refractivity contribution in [3.63, 3.8) is 0 Å². The van der Waals surface area contributed by atoms with Crippen LogP contribution in [0.4, 0.5) is 11.4 Å². The molecule has 0 saturated carbocycles. The summed E-state index contributed by atoms with van der Waals surface area (Å²) >= 11 is 0. The van der Waals surface area contributed by atoms with E-state index in [-0.39, 0.29) is 12.2 Å². The summed E-state index contributed by atoms with van der Waals surface area (Å²) in [5.74, 6) is 0. The van der Waals surface area contributed by atoms with Gasteiger partial charge < -0.3 is 19.9 Å². The second kappa shape index (κ2) is 9.42. The summed E-state index contributed by atoms with van der Waals surface area (Å²) in [6.45, 7) is 10.6. The summed E-state index contributed by atoms with van der Waals surface area (Å²) in [4.78, 5) is 16.5. The van der Waals surface area contributed by atoms with Gasteiger partial charge >= 0.3 is 0 Å². The molecule has 1 aromatic carbocycles. The molecule has 3 aliphatic heterocycles. The lowest BCUT2D eigenvalue weighted by Gasteiger charge is -2.42. The van der Waals surface area contributed by atoms with Crippen molar-refractivity contribution in [2.24, 2.45) is 0 Å². The molecule has 0 bridgehead atoms. The molecule has 2 fully saturated rings. The zero-order valence-electron chi connectivity index (χ0n) is 20.2. The Kier molecular flexibility index (Phi) is 5.98. The SMILES string of the molecule is C[C@@H]1CN(c2ccc(C#N)c3ncccc23)C[C@H](CN2CCN(c3cnc4c(c3)CNC4)CC2)O1. The van der Waals surface area contributed by atoms with Crippen molar-refractivity contribution >= 4 is 22.3 Å². The minimum Gasteiger partial charge on any atom is -0.370 e. The average molecular weight is 470 g/mol. The number of hydrogen-bond acceptors (Lipinski definition) is 8. The third kappa shape index (κ3) is 4.43. The summed E-state index contributed by atoms with van der Waals surface area (Å²) in [6.07, 6.45) is 4.07. The van der Waals surface area contributed by atoms with E-state index in [1.165, 1.54) is 16.9 Å². The van der Waals surface area contributed by atoms with Gasteiger partial charge in [0.1, 0.15) is 6.07 Å². The van der Waals surface area contributed by atoms with Crippen LogP contribution in [-0.4, -0.2) is 72.9 Å². The van der Waals surface area contributed by atoms with E-state index in [1.54, 1.807) is 6.20 Å². The highest BCUT2D eigenvalue weighted by atomic mass is 16.5. The predicted octanol–water partition coefficient (Wildman–Crippen LogP) is 2.52. The number of nitrogens with zero attached hydrogens (tertiary/aromatic N) is 6.